The molecular weight excluding hydrogens is 290 g/mol. The van der Waals surface area contributed by atoms with Crippen LogP contribution >= 0.6 is 11.6 Å². The van der Waals surface area contributed by atoms with Gasteiger partial charge in [0.25, 0.3) is 5.91 Å². The van der Waals surface area contributed by atoms with Crippen molar-refractivity contribution < 1.29 is 15.1 Å². The predicted molar refractivity (Wildman–Crippen MR) is 81.3 cm³/mol. The molecule has 21 heavy (non-hydrogen) atoms. The van der Waals surface area contributed by atoms with Gasteiger partial charge >= 0.3 is 0 Å². The van der Waals surface area contributed by atoms with Crippen LogP contribution in [0.5, 0.6) is 5.75 Å². The number of nitrogens with one attached hydrogen (secondary N) is 1. The van der Waals surface area contributed by atoms with Crippen LogP contribution in [-0.4, -0.2) is 16.2 Å². The second kappa shape index (κ2) is 6.92. The van der Waals surface area contributed by atoms with Crippen molar-refractivity contribution >= 4 is 23.6 Å². The highest BCUT2D eigenvalue weighted by atomic mass is 35.5. The summed E-state index contributed by atoms with van der Waals surface area (Å²) in [5, 5.41) is 18.1. The molecule has 2 rings (SSSR count). The summed E-state index contributed by atoms with van der Waals surface area (Å²) in [6.07, 6.45) is 3.54. The molecule has 0 heterocycles. The zero-order valence-corrected chi connectivity index (χ0v) is 11.8. The highest BCUT2D eigenvalue weighted by molar-refractivity contribution is 6.32. The van der Waals surface area contributed by atoms with Gasteiger partial charge in [0.05, 0.1) is 5.02 Å². The Morgan fingerprint density at radius 3 is 2.43 bits per heavy atom. The highest BCUT2D eigenvalue weighted by Crippen LogP contribution is 2.24. The molecule has 0 bridgehead atoms. The molecule has 5 heteroatoms. The van der Waals surface area contributed by atoms with Gasteiger partial charge in [-0.05, 0) is 41.3 Å². The summed E-state index contributed by atoms with van der Waals surface area (Å²) in [7, 11) is 0. The lowest BCUT2D eigenvalue weighted by molar-refractivity contribution is -0.124. The second-order valence-electron chi connectivity index (χ2n) is 4.51. The molecule has 0 saturated carbocycles. The smallest absolute Gasteiger partial charge is 0.267 e. The number of hydrogen-bond donors (Lipinski definition) is 3. The van der Waals surface area contributed by atoms with Crippen LogP contribution in [0.15, 0.2) is 48.5 Å². The first kappa shape index (κ1) is 15.1. The Morgan fingerprint density at radius 2 is 1.81 bits per heavy atom. The molecule has 0 spiro atoms. The Hall–Kier alpha value is -2.30. The zero-order chi connectivity index (χ0) is 15.2. The van der Waals surface area contributed by atoms with Gasteiger partial charge < -0.3 is 5.11 Å². The van der Waals surface area contributed by atoms with Crippen LogP contribution < -0.4 is 5.48 Å². The number of carbonyl (C=O) groups is 1. The number of aromatic hydroxyl groups is 1. The average molecular weight is 304 g/mol. The monoisotopic (exact) mass is 303 g/mol. The largest absolute Gasteiger partial charge is 0.506 e. The second-order valence-corrected chi connectivity index (χ2v) is 4.92. The Balaban J connectivity index is 2.07. The van der Waals surface area contributed by atoms with Gasteiger partial charge in [-0.1, -0.05) is 41.9 Å². The maximum Gasteiger partial charge on any atom is 0.267 e. The Bertz CT molecular complexity index is 666. The molecule has 4 nitrogen and oxygen atoms in total. The number of halogens is 1. The van der Waals surface area contributed by atoms with Gasteiger partial charge in [0.15, 0.2) is 0 Å². The normalized spacial score (nSPS) is 10.8. The van der Waals surface area contributed by atoms with Crippen LogP contribution in [0.3, 0.4) is 0 Å². The minimum absolute atomic E-state index is 0.0723. The minimum Gasteiger partial charge on any atom is -0.506 e. The standard InChI is InChI=1S/C16H14ClNO3/c17-14-10-13(5-7-15(14)19)9-12-3-1-11(2-4-12)6-8-16(20)18-21/h1-8,10,19,21H,9H2,(H,18,20)/b8-6+. The summed E-state index contributed by atoms with van der Waals surface area (Å²) in [6, 6.07) is 12.8. The first-order valence-electron chi connectivity index (χ1n) is 6.27. The van der Waals surface area contributed by atoms with Crippen LogP contribution in [0.25, 0.3) is 6.08 Å². The number of phenolic OH excluding ortho intramolecular Hbond substituents is 1. The SMILES string of the molecule is O=C(/C=C/c1ccc(Cc2ccc(O)c(Cl)c2)cc1)NO. The third-order valence-corrected chi connectivity index (χ3v) is 3.24. The van der Waals surface area contributed by atoms with Gasteiger partial charge in [-0.3, -0.25) is 10.0 Å². The van der Waals surface area contributed by atoms with Gasteiger partial charge in [-0.2, -0.15) is 0 Å². The summed E-state index contributed by atoms with van der Waals surface area (Å²) in [6.45, 7) is 0. The van der Waals surface area contributed by atoms with E-state index in [-0.39, 0.29) is 5.75 Å². The van der Waals surface area contributed by atoms with E-state index in [0.29, 0.717) is 11.4 Å². The summed E-state index contributed by atoms with van der Waals surface area (Å²) in [4.78, 5) is 10.9. The number of carbonyl (C=O) groups excluding carboxylic acids is 1. The van der Waals surface area contributed by atoms with Crippen molar-refractivity contribution in [3.8, 4) is 5.75 Å². The summed E-state index contributed by atoms with van der Waals surface area (Å²) >= 11 is 5.87. The molecule has 0 aromatic heterocycles. The summed E-state index contributed by atoms with van der Waals surface area (Å²) in [5.74, 6) is -0.499. The van der Waals surface area contributed by atoms with Crippen molar-refractivity contribution in [2.75, 3.05) is 0 Å². The molecule has 0 fully saturated rings. The van der Waals surface area contributed by atoms with Crippen molar-refractivity contribution in [3.05, 3.63) is 70.3 Å². The van der Waals surface area contributed by atoms with E-state index >= 15 is 0 Å². The first-order chi connectivity index (χ1) is 10.1. The third kappa shape index (κ3) is 4.34. The maximum atomic E-state index is 10.9. The lowest BCUT2D eigenvalue weighted by atomic mass is 10.0. The molecular formula is C16H14ClNO3. The van der Waals surface area contributed by atoms with Gasteiger partial charge in [0.2, 0.25) is 0 Å². The van der Waals surface area contributed by atoms with E-state index in [4.69, 9.17) is 16.8 Å². The Morgan fingerprint density at radius 1 is 1.14 bits per heavy atom. The molecule has 0 atom stereocenters. The van der Waals surface area contributed by atoms with E-state index in [1.165, 1.54) is 11.6 Å². The molecule has 3 N–H and O–H groups in total. The van der Waals surface area contributed by atoms with E-state index in [1.54, 1.807) is 18.2 Å². The zero-order valence-electron chi connectivity index (χ0n) is 11.1. The number of hydroxylamine groups is 1. The summed E-state index contributed by atoms with van der Waals surface area (Å²) in [5.41, 5.74) is 4.47. The van der Waals surface area contributed by atoms with E-state index in [2.05, 4.69) is 0 Å². The van der Waals surface area contributed by atoms with Crippen LogP contribution in [0.1, 0.15) is 16.7 Å². The molecule has 108 valence electrons. The average Bonchev–Trinajstić information content (AvgIpc) is 2.50. The van der Waals surface area contributed by atoms with Gasteiger partial charge in [-0.15, -0.1) is 0 Å². The van der Waals surface area contributed by atoms with Gasteiger partial charge in [0, 0.05) is 6.08 Å². The first-order valence-corrected chi connectivity index (χ1v) is 6.65. The molecule has 0 aliphatic rings. The molecule has 0 aliphatic carbocycles. The van der Waals surface area contributed by atoms with Crippen molar-refractivity contribution in [3.63, 3.8) is 0 Å². The molecule has 0 aliphatic heterocycles. The number of benzene rings is 2. The fraction of sp³-hybridized carbons (Fsp3) is 0.0625. The molecule has 2 aromatic rings. The lowest BCUT2D eigenvalue weighted by Crippen LogP contribution is -2.14. The van der Waals surface area contributed by atoms with Crippen molar-refractivity contribution in [1.82, 2.24) is 5.48 Å². The molecule has 1 amide bonds. The third-order valence-electron chi connectivity index (χ3n) is 2.94. The van der Waals surface area contributed by atoms with Crippen LogP contribution in [0.2, 0.25) is 5.02 Å². The van der Waals surface area contributed by atoms with Gasteiger partial charge in [-0.25, -0.2) is 5.48 Å². The van der Waals surface area contributed by atoms with E-state index < -0.39 is 5.91 Å². The number of phenols is 1. The van der Waals surface area contributed by atoms with Crippen LogP contribution in [0, 0.1) is 0 Å². The Kier molecular flexibility index (Phi) is 4.98. The fourth-order valence-corrected chi connectivity index (χ4v) is 2.05. The van der Waals surface area contributed by atoms with E-state index in [1.807, 2.05) is 30.3 Å². The highest BCUT2D eigenvalue weighted by Gasteiger charge is 2.01. The fourth-order valence-electron chi connectivity index (χ4n) is 1.85. The van der Waals surface area contributed by atoms with Crippen molar-refractivity contribution in [1.29, 1.82) is 0 Å². The van der Waals surface area contributed by atoms with Crippen LogP contribution in [-0.2, 0) is 11.2 Å². The predicted octanol–water partition coefficient (Wildman–Crippen LogP) is 3.16. The lowest BCUT2D eigenvalue weighted by Gasteiger charge is -2.04. The van der Waals surface area contributed by atoms with Crippen molar-refractivity contribution in [2.24, 2.45) is 0 Å². The van der Waals surface area contributed by atoms with E-state index in [9.17, 15) is 9.90 Å². The topological polar surface area (TPSA) is 69.6 Å². The van der Waals surface area contributed by atoms with E-state index in [0.717, 1.165) is 16.7 Å². The Labute approximate surface area is 127 Å². The maximum absolute atomic E-state index is 10.9. The summed E-state index contributed by atoms with van der Waals surface area (Å²) < 4.78 is 0. The minimum atomic E-state index is -0.571. The number of hydrogen-bond acceptors (Lipinski definition) is 3. The quantitative estimate of drug-likeness (QED) is 0.462. The molecule has 2 aromatic carbocycles. The van der Waals surface area contributed by atoms with Gasteiger partial charge in [0.1, 0.15) is 5.75 Å². The van der Waals surface area contributed by atoms with Crippen LogP contribution in [0.4, 0.5) is 0 Å². The number of amides is 1. The van der Waals surface area contributed by atoms with Crippen molar-refractivity contribution in [2.45, 2.75) is 6.42 Å². The number of rotatable bonds is 4. The molecule has 0 saturated heterocycles. The molecule has 0 radical (unpaired) electrons. The molecule has 0 unspecified atom stereocenters.